The Kier molecular flexibility index (Phi) is 5.26. The summed E-state index contributed by atoms with van der Waals surface area (Å²) in [5, 5.41) is 11.1. The molecular weight excluding hydrogens is 350 g/mol. The third kappa shape index (κ3) is 3.58. The Balaban J connectivity index is 1.74. The van der Waals surface area contributed by atoms with Crippen molar-refractivity contribution in [2.75, 3.05) is 6.54 Å². The van der Waals surface area contributed by atoms with Crippen molar-refractivity contribution in [1.82, 2.24) is 9.47 Å². The Bertz CT molecular complexity index is 962. The van der Waals surface area contributed by atoms with Gasteiger partial charge < -0.3 is 4.57 Å². The molecule has 1 aliphatic rings. The predicted molar refractivity (Wildman–Crippen MR) is 110 cm³/mol. The lowest BCUT2D eigenvalue weighted by Crippen LogP contribution is -2.29. The summed E-state index contributed by atoms with van der Waals surface area (Å²) in [6.07, 6.45) is 4.24. The van der Waals surface area contributed by atoms with Gasteiger partial charge in [-0.15, -0.1) is 0 Å². The lowest BCUT2D eigenvalue weighted by Gasteiger charge is -2.31. The molecule has 5 nitrogen and oxygen atoms in total. The average Bonchev–Trinajstić information content (AvgIpc) is 3.10. The van der Waals surface area contributed by atoms with Gasteiger partial charge in [0.05, 0.1) is 11.0 Å². The number of nitro groups is 1. The van der Waals surface area contributed by atoms with Crippen molar-refractivity contribution < 1.29 is 4.92 Å². The maximum atomic E-state index is 11.1. The number of benzene rings is 2. The van der Waals surface area contributed by atoms with Crippen LogP contribution in [0.25, 0.3) is 0 Å². The summed E-state index contributed by atoms with van der Waals surface area (Å²) in [7, 11) is 0. The molecule has 0 aliphatic carbocycles. The van der Waals surface area contributed by atoms with Crippen molar-refractivity contribution in [1.29, 1.82) is 0 Å². The molecule has 0 spiro atoms. The molecular formula is C23H25N3O2. The molecule has 1 aromatic heterocycles. The van der Waals surface area contributed by atoms with E-state index in [-0.39, 0.29) is 16.7 Å². The van der Waals surface area contributed by atoms with Crippen LogP contribution in [0.1, 0.15) is 41.8 Å². The molecule has 0 saturated carbocycles. The topological polar surface area (TPSA) is 51.3 Å². The van der Waals surface area contributed by atoms with Gasteiger partial charge in [-0.05, 0) is 41.7 Å². The molecule has 1 atom stereocenters. The first-order valence-electron chi connectivity index (χ1n) is 9.87. The molecule has 1 aliphatic heterocycles. The van der Waals surface area contributed by atoms with Gasteiger partial charge in [-0.1, -0.05) is 43.3 Å². The van der Waals surface area contributed by atoms with Crippen LogP contribution in [0.15, 0.2) is 66.9 Å². The molecule has 1 unspecified atom stereocenters. The van der Waals surface area contributed by atoms with Gasteiger partial charge >= 0.3 is 0 Å². The Morgan fingerprint density at radius 3 is 2.46 bits per heavy atom. The highest BCUT2D eigenvalue weighted by Crippen LogP contribution is 2.34. The van der Waals surface area contributed by atoms with E-state index in [4.69, 9.17) is 0 Å². The number of non-ortho nitro benzene ring substituents is 1. The summed E-state index contributed by atoms with van der Waals surface area (Å²) >= 11 is 0. The largest absolute Gasteiger partial charge is 0.350 e. The highest BCUT2D eigenvalue weighted by molar-refractivity contribution is 5.38. The van der Waals surface area contributed by atoms with Crippen molar-refractivity contribution in [2.45, 2.75) is 38.9 Å². The highest BCUT2D eigenvalue weighted by Gasteiger charge is 2.28. The molecule has 28 heavy (non-hydrogen) atoms. The van der Waals surface area contributed by atoms with E-state index in [0.29, 0.717) is 0 Å². The maximum absolute atomic E-state index is 11.1. The minimum atomic E-state index is -0.338. The van der Waals surface area contributed by atoms with E-state index in [0.717, 1.165) is 38.0 Å². The zero-order chi connectivity index (χ0) is 19.5. The fourth-order valence-electron chi connectivity index (χ4n) is 4.25. The number of rotatable bonds is 5. The number of nitro benzene ring substituents is 1. The summed E-state index contributed by atoms with van der Waals surface area (Å²) in [4.78, 5) is 13.2. The first kappa shape index (κ1) is 18.4. The smallest absolute Gasteiger partial charge is 0.269 e. The van der Waals surface area contributed by atoms with Crippen LogP contribution in [-0.2, 0) is 19.5 Å². The van der Waals surface area contributed by atoms with Crippen molar-refractivity contribution in [2.24, 2.45) is 0 Å². The van der Waals surface area contributed by atoms with Crippen LogP contribution >= 0.6 is 0 Å². The minimum Gasteiger partial charge on any atom is -0.350 e. The van der Waals surface area contributed by atoms with Crippen molar-refractivity contribution in [3.8, 4) is 0 Å². The molecule has 0 N–H and O–H groups in total. The summed E-state index contributed by atoms with van der Waals surface area (Å²) in [5.41, 5.74) is 5.22. The highest BCUT2D eigenvalue weighted by atomic mass is 16.6. The molecule has 5 heteroatoms. The summed E-state index contributed by atoms with van der Waals surface area (Å²) < 4.78 is 2.32. The fraction of sp³-hybridized carbons (Fsp3) is 0.304. The molecule has 144 valence electrons. The van der Waals surface area contributed by atoms with Crippen LogP contribution in [0.3, 0.4) is 0 Å². The van der Waals surface area contributed by atoms with E-state index in [1.54, 1.807) is 12.1 Å². The quantitative estimate of drug-likeness (QED) is 0.468. The Morgan fingerprint density at radius 2 is 1.75 bits per heavy atom. The number of nitrogens with zero attached hydrogens (tertiary/aromatic N) is 3. The Labute approximate surface area is 165 Å². The second kappa shape index (κ2) is 7.98. The van der Waals surface area contributed by atoms with Gasteiger partial charge in [0, 0.05) is 43.7 Å². The van der Waals surface area contributed by atoms with Gasteiger partial charge in [-0.25, -0.2) is 0 Å². The molecule has 0 saturated heterocycles. The monoisotopic (exact) mass is 375 g/mol. The molecule has 4 rings (SSSR count). The molecule has 2 aromatic carbocycles. The number of aryl methyl sites for hydroxylation is 2. The van der Waals surface area contributed by atoms with E-state index >= 15 is 0 Å². The van der Waals surface area contributed by atoms with Gasteiger partial charge in [0.25, 0.3) is 5.69 Å². The SMILES string of the molecule is CCc1ccccc1CN1CCCn2cccc2C1c1ccc([N+](=O)[O-])cc1. The molecule has 0 bridgehead atoms. The van der Waals surface area contributed by atoms with E-state index in [2.05, 4.69) is 59.0 Å². The number of aromatic nitrogens is 1. The van der Waals surface area contributed by atoms with Gasteiger partial charge in [0.15, 0.2) is 0 Å². The van der Waals surface area contributed by atoms with Crippen LogP contribution < -0.4 is 0 Å². The van der Waals surface area contributed by atoms with Gasteiger partial charge in [-0.2, -0.15) is 0 Å². The molecule has 0 amide bonds. The number of hydrogen-bond acceptors (Lipinski definition) is 3. The summed E-state index contributed by atoms with van der Waals surface area (Å²) in [6.45, 7) is 5.05. The van der Waals surface area contributed by atoms with Crippen molar-refractivity contribution >= 4 is 5.69 Å². The van der Waals surface area contributed by atoms with Crippen LogP contribution in [0, 0.1) is 10.1 Å². The van der Waals surface area contributed by atoms with E-state index in [9.17, 15) is 10.1 Å². The van der Waals surface area contributed by atoms with Crippen molar-refractivity contribution in [3.05, 3.63) is 99.4 Å². The van der Waals surface area contributed by atoms with Crippen LogP contribution in [0.4, 0.5) is 5.69 Å². The van der Waals surface area contributed by atoms with Crippen LogP contribution in [-0.4, -0.2) is 20.9 Å². The van der Waals surface area contributed by atoms with E-state index < -0.39 is 0 Å². The zero-order valence-electron chi connectivity index (χ0n) is 16.1. The fourth-order valence-corrected chi connectivity index (χ4v) is 4.25. The summed E-state index contributed by atoms with van der Waals surface area (Å²) in [5.74, 6) is 0. The number of hydrogen-bond donors (Lipinski definition) is 0. The van der Waals surface area contributed by atoms with E-state index in [1.165, 1.54) is 16.8 Å². The molecule has 2 heterocycles. The van der Waals surface area contributed by atoms with Crippen LogP contribution in [0.5, 0.6) is 0 Å². The van der Waals surface area contributed by atoms with Gasteiger partial charge in [-0.3, -0.25) is 15.0 Å². The second-order valence-corrected chi connectivity index (χ2v) is 7.32. The van der Waals surface area contributed by atoms with Gasteiger partial charge in [0.1, 0.15) is 0 Å². The normalized spacial score (nSPS) is 17.1. The second-order valence-electron chi connectivity index (χ2n) is 7.32. The standard InChI is InChI=1S/C23H25N3O2/c1-2-18-7-3-4-8-20(18)17-25-16-6-15-24-14-5-9-22(24)23(25)19-10-12-21(13-11-19)26(27)28/h3-5,7-14,23H,2,6,15-17H2,1H3. The van der Waals surface area contributed by atoms with Gasteiger partial charge in [0.2, 0.25) is 0 Å². The predicted octanol–water partition coefficient (Wildman–Crippen LogP) is 4.95. The summed E-state index contributed by atoms with van der Waals surface area (Å²) in [6, 6.07) is 20.0. The maximum Gasteiger partial charge on any atom is 0.269 e. The lowest BCUT2D eigenvalue weighted by atomic mass is 9.99. The van der Waals surface area contributed by atoms with Crippen molar-refractivity contribution in [3.63, 3.8) is 0 Å². The zero-order valence-corrected chi connectivity index (χ0v) is 16.1. The molecule has 3 aromatic rings. The first-order chi connectivity index (χ1) is 13.7. The molecule has 0 radical (unpaired) electrons. The minimum absolute atomic E-state index is 0.0863. The first-order valence-corrected chi connectivity index (χ1v) is 9.87. The molecule has 0 fully saturated rings. The third-order valence-corrected chi connectivity index (χ3v) is 5.65. The Hall–Kier alpha value is -2.92. The third-order valence-electron chi connectivity index (χ3n) is 5.65. The Morgan fingerprint density at radius 1 is 1.00 bits per heavy atom. The van der Waals surface area contributed by atoms with E-state index in [1.807, 2.05) is 12.1 Å². The number of fused-ring (bicyclic) bond motifs is 1. The van der Waals surface area contributed by atoms with Crippen LogP contribution in [0.2, 0.25) is 0 Å². The average molecular weight is 375 g/mol. The lowest BCUT2D eigenvalue weighted by molar-refractivity contribution is -0.384.